The standard InChI is InChI=1S/C24H31FN4O4S/c1-27-14-10-21(26-31)23-22(34(27,32)33)11-17-29(23)13-3-2-12-28-15-8-19(9-16-28)24(30)18-4-6-20(25)7-5-18/h4-7,11,17,19,21H,2-3,8-10,12-16H2,1H3. The fraction of sp³-hybridized carbons (Fsp3) is 0.542. The van der Waals surface area contributed by atoms with Crippen molar-refractivity contribution in [1.29, 1.82) is 0 Å². The largest absolute Gasteiger partial charge is 0.348 e. The van der Waals surface area contributed by atoms with E-state index in [9.17, 15) is 22.5 Å². The van der Waals surface area contributed by atoms with E-state index in [-0.39, 0.29) is 29.0 Å². The molecule has 2 aromatic rings. The molecule has 0 aliphatic carbocycles. The Morgan fingerprint density at radius 3 is 2.38 bits per heavy atom. The van der Waals surface area contributed by atoms with Crippen LogP contribution in [-0.4, -0.2) is 61.2 Å². The topological polar surface area (TPSA) is 92.1 Å². The van der Waals surface area contributed by atoms with Crippen molar-refractivity contribution in [3.05, 3.63) is 58.5 Å². The number of nitrogens with zero attached hydrogens (tertiary/aromatic N) is 4. The van der Waals surface area contributed by atoms with Crippen LogP contribution in [0.15, 0.2) is 46.6 Å². The summed E-state index contributed by atoms with van der Waals surface area (Å²) in [6.07, 6.45) is 5.47. The highest BCUT2D eigenvalue weighted by Gasteiger charge is 2.35. The number of ketones is 1. The number of hydrogen-bond donors (Lipinski definition) is 0. The average molecular weight is 491 g/mol. The van der Waals surface area contributed by atoms with Crippen molar-refractivity contribution in [2.24, 2.45) is 11.1 Å². The zero-order valence-corrected chi connectivity index (χ0v) is 20.2. The fourth-order valence-electron chi connectivity index (χ4n) is 4.95. The molecule has 1 atom stereocenters. The van der Waals surface area contributed by atoms with Gasteiger partial charge in [-0.25, -0.2) is 17.1 Å². The Bertz CT molecular complexity index is 1120. The highest BCUT2D eigenvalue weighted by atomic mass is 32.2. The van der Waals surface area contributed by atoms with Crippen LogP contribution in [0.4, 0.5) is 4.39 Å². The van der Waals surface area contributed by atoms with Crippen LogP contribution in [0.3, 0.4) is 0 Å². The Morgan fingerprint density at radius 1 is 1.03 bits per heavy atom. The van der Waals surface area contributed by atoms with Gasteiger partial charge in [-0.15, -0.1) is 0 Å². The van der Waals surface area contributed by atoms with Gasteiger partial charge in [-0.05, 0) is 82.1 Å². The molecule has 2 aliphatic rings. The molecule has 4 rings (SSSR count). The van der Waals surface area contributed by atoms with Crippen LogP contribution < -0.4 is 0 Å². The van der Waals surface area contributed by atoms with E-state index in [1.54, 1.807) is 24.4 Å². The molecule has 0 saturated carbocycles. The predicted molar refractivity (Wildman–Crippen MR) is 127 cm³/mol. The van der Waals surface area contributed by atoms with Crippen molar-refractivity contribution in [2.75, 3.05) is 33.2 Å². The van der Waals surface area contributed by atoms with E-state index in [0.29, 0.717) is 24.2 Å². The van der Waals surface area contributed by atoms with Gasteiger partial charge in [0.1, 0.15) is 16.8 Å². The van der Waals surface area contributed by atoms with Gasteiger partial charge in [0.15, 0.2) is 5.78 Å². The Balaban J connectivity index is 1.27. The Labute approximate surface area is 199 Å². The van der Waals surface area contributed by atoms with E-state index in [0.717, 1.165) is 45.3 Å². The van der Waals surface area contributed by atoms with E-state index < -0.39 is 16.1 Å². The van der Waals surface area contributed by atoms with Crippen molar-refractivity contribution in [3.63, 3.8) is 0 Å². The van der Waals surface area contributed by atoms with Crippen molar-refractivity contribution < 1.29 is 17.6 Å². The van der Waals surface area contributed by atoms with E-state index >= 15 is 0 Å². The first-order valence-electron chi connectivity index (χ1n) is 11.8. The number of halogens is 1. The summed E-state index contributed by atoms with van der Waals surface area (Å²) in [6, 6.07) is 6.68. The summed E-state index contributed by atoms with van der Waals surface area (Å²) in [6.45, 7) is 3.49. The molecule has 1 fully saturated rings. The molecule has 10 heteroatoms. The van der Waals surface area contributed by atoms with Crippen molar-refractivity contribution >= 4 is 15.8 Å². The van der Waals surface area contributed by atoms with Gasteiger partial charge < -0.3 is 9.47 Å². The number of carbonyl (C=O) groups excluding carboxylic acids is 1. The van der Waals surface area contributed by atoms with Gasteiger partial charge in [0.05, 0.1) is 5.69 Å². The third-order valence-electron chi connectivity index (χ3n) is 7.03. The first kappa shape index (κ1) is 24.7. The number of hydrogen-bond acceptors (Lipinski definition) is 6. The summed E-state index contributed by atoms with van der Waals surface area (Å²) in [5.41, 5.74) is 1.07. The second kappa shape index (κ2) is 10.5. The number of aryl methyl sites for hydroxylation is 1. The number of sulfonamides is 1. The molecule has 1 saturated heterocycles. The second-order valence-electron chi connectivity index (χ2n) is 9.19. The van der Waals surface area contributed by atoms with E-state index in [2.05, 4.69) is 10.1 Å². The predicted octanol–water partition coefficient (Wildman–Crippen LogP) is 3.83. The number of Topliss-reactive ketones (excluding diaryl/α,β-unsaturated/α-hetero) is 1. The Hall–Kier alpha value is -2.43. The highest BCUT2D eigenvalue weighted by molar-refractivity contribution is 7.89. The van der Waals surface area contributed by atoms with Gasteiger partial charge in [-0.3, -0.25) is 4.79 Å². The number of benzene rings is 1. The summed E-state index contributed by atoms with van der Waals surface area (Å²) in [5.74, 6) is -0.272. The maximum absolute atomic E-state index is 13.1. The Kier molecular flexibility index (Phi) is 7.59. The van der Waals surface area contributed by atoms with Crippen molar-refractivity contribution in [3.8, 4) is 0 Å². The molecule has 184 valence electrons. The molecule has 0 amide bonds. The minimum absolute atomic E-state index is 0.0232. The molecule has 0 spiro atoms. The lowest BCUT2D eigenvalue weighted by Crippen LogP contribution is -2.37. The first-order valence-corrected chi connectivity index (χ1v) is 13.2. The average Bonchev–Trinajstić information content (AvgIpc) is 3.23. The minimum atomic E-state index is -3.60. The number of piperidine rings is 1. The maximum Gasteiger partial charge on any atom is 0.244 e. The second-order valence-corrected chi connectivity index (χ2v) is 11.2. The van der Waals surface area contributed by atoms with E-state index in [1.807, 2.05) is 4.57 Å². The first-order chi connectivity index (χ1) is 16.3. The number of carbonyl (C=O) groups is 1. The molecule has 0 bridgehead atoms. The summed E-state index contributed by atoms with van der Waals surface area (Å²) in [4.78, 5) is 26.6. The summed E-state index contributed by atoms with van der Waals surface area (Å²) in [5, 5.41) is 3.21. The third-order valence-corrected chi connectivity index (χ3v) is 8.93. The quantitative estimate of drug-likeness (QED) is 0.319. The van der Waals surface area contributed by atoms with Crippen molar-refractivity contribution in [1.82, 2.24) is 13.8 Å². The number of fused-ring (bicyclic) bond motifs is 1. The monoisotopic (exact) mass is 490 g/mol. The molecule has 1 aromatic carbocycles. The Morgan fingerprint density at radius 2 is 1.71 bits per heavy atom. The lowest BCUT2D eigenvalue weighted by Gasteiger charge is -2.31. The molecule has 1 aromatic heterocycles. The zero-order valence-electron chi connectivity index (χ0n) is 19.4. The van der Waals surface area contributed by atoms with Gasteiger partial charge >= 0.3 is 0 Å². The molecule has 1 unspecified atom stereocenters. The van der Waals surface area contributed by atoms with Gasteiger partial charge in [-0.1, -0.05) is 5.18 Å². The molecular formula is C24H31FN4O4S. The highest BCUT2D eigenvalue weighted by Crippen LogP contribution is 2.34. The van der Waals surface area contributed by atoms with E-state index in [1.165, 1.54) is 23.5 Å². The molecular weight excluding hydrogens is 459 g/mol. The fourth-order valence-corrected chi connectivity index (χ4v) is 6.38. The van der Waals surface area contributed by atoms with Gasteiger partial charge in [0, 0.05) is 37.8 Å². The van der Waals surface area contributed by atoms with Crippen LogP contribution >= 0.6 is 0 Å². The van der Waals surface area contributed by atoms with Crippen molar-refractivity contribution in [2.45, 2.75) is 49.6 Å². The number of nitroso groups, excluding NO2 is 1. The van der Waals surface area contributed by atoms with Gasteiger partial charge in [-0.2, -0.15) is 4.91 Å². The number of aromatic nitrogens is 1. The zero-order chi connectivity index (χ0) is 24.3. The van der Waals surface area contributed by atoms with Crippen LogP contribution in [0.2, 0.25) is 0 Å². The SMILES string of the molecule is CN1CCC(N=O)c2c(ccn2CCCCN2CCC(C(=O)c3ccc(F)cc3)CC2)S1(=O)=O. The molecule has 2 aliphatic heterocycles. The smallest absolute Gasteiger partial charge is 0.244 e. The van der Waals surface area contributed by atoms with Crippen LogP contribution in [0.25, 0.3) is 0 Å². The number of rotatable bonds is 8. The van der Waals surface area contributed by atoms with Crippen LogP contribution in [0.5, 0.6) is 0 Å². The van der Waals surface area contributed by atoms with Crippen LogP contribution in [0.1, 0.15) is 54.2 Å². The molecule has 0 radical (unpaired) electrons. The summed E-state index contributed by atoms with van der Waals surface area (Å²) < 4.78 is 41.7. The van der Waals surface area contributed by atoms with E-state index in [4.69, 9.17) is 0 Å². The van der Waals surface area contributed by atoms with Crippen LogP contribution in [0, 0.1) is 16.6 Å². The number of likely N-dealkylation sites (tertiary alicyclic amines) is 1. The maximum atomic E-state index is 13.1. The van der Waals surface area contributed by atoms with Gasteiger partial charge in [0.25, 0.3) is 0 Å². The number of unbranched alkanes of at least 4 members (excludes halogenated alkanes) is 1. The lowest BCUT2D eigenvalue weighted by atomic mass is 9.89. The summed E-state index contributed by atoms with van der Waals surface area (Å²) >= 11 is 0. The van der Waals surface area contributed by atoms with Crippen LogP contribution in [-0.2, 0) is 16.6 Å². The normalized spacial score (nSPS) is 21.6. The lowest BCUT2D eigenvalue weighted by molar-refractivity contribution is 0.0838. The molecule has 34 heavy (non-hydrogen) atoms. The molecule has 0 N–H and O–H groups in total. The molecule has 8 nitrogen and oxygen atoms in total. The third kappa shape index (κ3) is 5.13. The van der Waals surface area contributed by atoms with Gasteiger partial charge in [0.2, 0.25) is 10.0 Å². The molecule has 3 heterocycles. The summed E-state index contributed by atoms with van der Waals surface area (Å²) in [7, 11) is -2.07. The minimum Gasteiger partial charge on any atom is -0.348 e.